The molecule has 132 valence electrons. The van der Waals surface area contributed by atoms with Gasteiger partial charge in [0.05, 0.1) is 18.2 Å². The van der Waals surface area contributed by atoms with Gasteiger partial charge in [-0.2, -0.15) is 0 Å². The Morgan fingerprint density at radius 2 is 1.71 bits per heavy atom. The number of nitrogens with zero attached hydrogens (tertiary/aromatic N) is 1. The molecule has 0 aliphatic carbocycles. The van der Waals surface area contributed by atoms with Gasteiger partial charge in [-0.05, 0) is 57.4 Å². The monoisotopic (exact) mass is 331 g/mol. The molecule has 1 aromatic carbocycles. The quantitative estimate of drug-likeness (QED) is 0.878. The van der Waals surface area contributed by atoms with Crippen LogP contribution in [0.25, 0.3) is 0 Å². The second kappa shape index (κ2) is 7.43. The highest BCUT2D eigenvalue weighted by Gasteiger charge is 2.31. The Balaban J connectivity index is 1.51. The molecule has 1 aromatic rings. The van der Waals surface area contributed by atoms with Gasteiger partial charge in [0.1, 0.15) is 0 Å². The van der Waals surface area contributed by atoms with Crippen LogP contribution in [0, 0.1) is 0 Å². The smallest absolute Gasteiger partial charge is 0.321 e. The van der Waals surface area contributed by atoms with Gasteiger partial charge in [0.2, 0.25) is 0 Å². The molecule has 2 fully saturated rings. The summed E-state index contributed by atoms with van der Waals surface area (Å²) in [5.74, 6) is 0. The highest BCUT2D eigenvalue weighted by Crippen LogP contribution is 2.27. The summed E-state index contributed by atoms with van der Waals surface area (Å²) in [6.45, 7) is 6.71. The second-order valence-corrected chi connectivity index (χ2v) is 7.52. The number of nitrogens with one attached hydrogen (secondary N) is 2. The van der Waals surface area contributed by atoms with Crippen molar-refractivity contribution in [1.82, 2.24) is 4.90 Å². The first-order valence-corrected chi connectivity index (χ1v) is 9.08. The lowest BCUT2D eigenvalue weighted by Gasteiger charge is -2.21. The molecule has 0 unspecified atom stereocenters. The first-order chi connectivity index (χ1) is 11.5. The average molecular weight is 331 g/mol. The molecular weight excluding hydrogens is 302 g/mol. The third kappa shape index (κ3) is 4.63. The van der Waals surface area contributed by atoms with Crippen molar-refractivity contribution in [3.8, 4) is 0 Å². The van der Waals surface area contributed by atoms with Gasteiger partial charge in [-0.3, -0.25) is 0 Å². The molecule has 5 heteroatoms. The summed E-state index contributed by atoms with van der Waals surface area (Å²) < 4.78 is 5.75. The maximum absolute atomic E-state index is 12.3. The van der Waals surface area contributed by atoms with Crippen LogP contribution < -0.4 is 10.6 Å². The first-order valence-electron chi connectivity index (χ1n) is 9.08. The fraction of sp³-hybridized carbons (Fsp3) is 0.632. The van der Waals surface area contributed by atoms with Gasteiger partial charge >= 0.3 is 6.03 Å². The Labute approximate surface area is 144 Å². The van der Waals surface area contributed by atoms with Crippen molar-refractivity contribution in [3.05, 3.63) is 24.3 Å². The first kappa shape index (κ1) is 17.1. The molecule has 1 atom stereocenters. The largest absolute Gasteiger partial charge is 0.380 e. The van der Waals surface area contributed by atoms with E-state index in [9.17, 15) is 4.79 Å². The van der Waals surface area contributed by atoms with E-state index in [0.29, 0.717) is 6.04 Å². The average Bonchev–Trinajstić information content (AvgIpc) is 2.77. The van der Waals surface area contributed by atoms with E-state index >= 15 is 0 Å². The van der Waals surface area contributed by atoms with Crippen LogP contribution in [-0.4, -0.2) is 42.3 Å². The van der Waals surface area contributed by atoms with Crippen molar-refractivity contribution in [2.45, 2.75) is 57.6 Å². The molecule has 2 saturated heterocycles. The van der Waals surface area contributed by atoms with Crippen LogP contribution in [0.1, 0.15) is 46.0 Å². The molecule has 2 amide bonds. The van der Waals surface area contributed by atoms with Crippen LogP contribution in [0.3, 0.4) is 0 Å². The van der Waals surface area contributed by atoms with Gasteiger partial charge in [0, 0.05) is 24.5 Å². The van der Waals surface area contributed by atoms with Crippen molar-refractivity contribution in [2.75, 3.05) is 30.3 Å². The summed E-state index contributed by atoms with van der Waals surface area (Å²) in [6, 6.07) is 8.31. The Kier molecular flexibility index (Phi) is 5.29. The van der Waals surface area contributed by atoms with Crippen molar-refractivity contribution < 1.29 is 9.53 Å². The number of carbonyl (C=O) groups is 1. The van der Waals surface area contributed by atoms with E-state index in [-0.39, 0.29) is 11.6 Å². The minimum absolute atomic E-state index is 0.0172. The molecular formula is C19H29N3O2. The molecule has 0 bridgehead atoms. The van der Waals surface area contributed by atoms with Gasteiger partial charge in [-0.15, -0.1) is 0 Å². The number of ether oxygens (including phenoxy) is 1. The maximum Gasteiger partial charge on any atom is 0.321 e. The van der Waals surface area contributed by atoms with Gasteiger partial charge in [-0.25, -0.2) is 4.79 Å². The predicted octanol–water partition coefficient (Wildman–Crippen LogP) is 4.07. The lowest BCUT2D eigenvalue weighted by Crippen LogP contribution is -2.35. The number of rotatable bonds is 3. The molecule has 2 N–H and O–H groups in total. The summed E-state index contributed by atoms with van der Waals surface area (Å²) in [4.78, 5) is 14.3. The van der Waals surface area contributed by atoms with Gasteiger partial charge in [-0.1, -0.05) is 12.8 Å². The number of carbonyl (C=O) groups excluding carboxylic acids is 1. The van der Waals surface area contributed by atoms with Crippen LogP contribution in [0.5, 0.6) is 0 Å². The molecule has 0 saturated carbocycles. The number of hydrogen-bond donors (Lipinski definition) is 2. The van der Waals surface area contributed by atoms with Crippen LogP contribution in [0.15, 0.2) is 24.3 Å². The van der Waals surface area contributed by atoms with Crippen LogP contribution >= 0.6 is 0 Å². The highest BCUT2D eigenvalue weighted by atomic mass is 16.5. The van der Waals surface area contributed by atoms with E-state index in [4.69, 9.17) is 4.74 Å². The topological polar surface area (TPSA) is 53.6 Å². The minimum Gasteiger partial charge on any atom is -0.380 e. The summed E-state index contributed by atoms with van der Waals surface area (Å²) in [5.41, 5.74) is 1.87. The zero-order valence-electron chi connectivity index (χ0n) is 14.8. The highest BCUT2D eigenvalue weighted by molar-refractivity contribution is 5.89. The zero-order valence-corrected chi connectivity index (χ0v) is 14.8. The fourth-order valence-electron chi connectivity index (χ4n) is 3.49. The lowest BCUT2D eigenvalue weighted by atomic mass is 10.0. The van der Waals surface area contributed by atoms with Crippen LogP contribution in [-0.2, 0) is 4.74 Å². The third-order valence-electron chi connectivity index (χ3n) is 4.81. The summed E-state index contributed by atoms with van der Waals surface area (Å²) in [6.07, 6.45) is 5.67. The predicted molar refractivity (Wildman–Crippen MR) is 97.6 cm³/mol. The molecule has 2 aliphatic heterocycles. The van der Waals surface area contributed by atoms with Gasteiger partial charge in [0.15, 0.2) is 0 Å². The van der Waals surface area contributed by atoms with Crippen LogP contribution in [0.4, 0.5) is 16.2 Å². The SMILES string of the molecule is CC1(C)C[C@@H](Nc2ccc(NC(=O)N3CCCCCC3)cc2)CO1. The van der Waals surface area contributed by atoms with Crippen molar-refractivity contribution in [2.24, 2.45) is 0 Å². The lowest BCUT2D eigenvalue weighted by molar-refractivity contribution is 0.0363. The Morgan fingerprint density at radius 1 is 1.08 bits per heavy atom. The van der Waals surface area contributed by atoms with Gasteiger partial charge in [0.25, 0.3) is 0 Å². The Hall–Kier alpha value is -1.75. The number of benzene rings is 1. The Morgan fingerprint density at radius 3 is 2.29 bits per heavy atom. The van der Waals surface area contributed by atoms with Gasteiger partial charge < -0.3 is 20.3 Å². The number of urea groups is 1. The van der Waals surface area contributed by atoms with Crippen LogP contribution in [0.2, 0.25) is 0 Å². The summed E-state index contributed by atoms with van der Waals surface area (Å²) >= 11 is 0. The van der Waals surface area contributed by atoms with E-state index < -0.39 is 0 Å². The Bertz CT molecular complexity index is 548. The summed E-state index contributed by atoms with van der Waals surface area (Å²) in [7, 11) is 0. The molecule has 0 spiro atoms. The van der Waals surface area contributed by atoms with E-state index in [1.54, 1.807) is 0 Å². The molecule has 5 nitrogen and oxygen atoms in total. The number of likely N-dealkylation sites (tertiary alicyclic amines) is 1. The standard InChI is InChI=1S/C19H29N3O2/c1-19(2)13-17(14-24-19)20-15-7-9-16(10-8-15)21-18(23)22-11-5-3-4-6-12-22/h7-10,17,20H,3-6,11-14H2,1-2H3,(H,21,23)/t17-/m1/s1. The maximum atomic E-state index is 12.3. The normalized spacial score (nSPS) is 23.6. The van der Waals surface area contributed by atoms with Crippen molar-refractivity contribution in [1.29, 1.82) is 0 Å². The molecule has 3 rings (SSSR count). The summed E-state index contributed by atoms with van der Waals surface area (Å²) in [5, 5.41) is 6.51. The molecule has 0 radical (unpaired) electrons. The van der Waals surface area contributed by atoms with Crippen molar-refractivity contribution in [3.63, 3.8) is 0 Å². The van der Waals surface area contributed by atoms with E-state index in [2.05, 4.69) is 24.5 Å². The molecule has 2 aliphatic rings. The molecule has 0 aromatic heterocycles. The molecule has 24 heavy (non-hydrogen) atoms. The number of anilines is 2. The fourth-order valence-corrected chi connectivity index (χ4v) is 3.49. The van der Waals surface area contributed by atoms with E-state index in [1.165, 1.54) is 12.8 Å². The van der Waals surface area contributed by atoms with E-state index in [0.717, 1.165) is 50.3 Å². The number of hydrogen-bond acceptors (Lipinski definition) is 3. The zero-order chi connectivity index (χ0) is 17.0. The second-order valence-electron chi connectivity index (χ2n) is 7.52. The van der Waals surface area contributed by atoms with E-state index in [1.807, 2.05) is 29.2 Å². The molecule has 2 heterocycles. The van der Waals surface area contributed by atoms with Crippen molar-refractivity contribution >= 4 is 17.4 Å². The third-order valence-corrected chi connectivity index (χ3v) is 4.81. The number of amides is 2. The minimum atomic E-state index is -0.0429.